The van der Waals surface area contributed by atoms with Gasteiger partial charge < -0.3 is 10.2 Å². The van der Waals surface area contributed by atoms with Crippen molar-refractivity contribution >= 4 is 29.7 Å². The number of halogens is 1. The van der Waals surface area contributed by atoms with Gasteiger partial charge in [-0.2, -0.15) is 0 Å². The number of aryl methyl sites for hydroxylation is 2. The van der Waals surface area contributed by atoms with Gasteiger partial charge in [-0.25, -0.2) is 0 Å². The Morgan fingerprint density at radius 2 is 1.95 bits per heavy atom. The van der Waals surface area contributed by atoms with Gasteiger partial charge in [-0.1, -0.05) is 13.3 Å². The van der Waals surface area contributed by atoms with E-state index in [1.54, 1.807) is 11.3 Å². The molecule has 0 aromatic carbocycles. The van der Waals surface area contributed by atoms with E-state index in [1.165, 1.54) is 10.4 Å². The van der Waals surface area contributed by atoms with E-state index in [4.69, 9.17) is 0 Å². The Kier molecular flexibility index (Phi) is 6.30. The summed E-state index contributed by atoms with van der Waals surface area (Å²) in [5.41, 5.74) is 1.36. The smallest absolute Gasteiger partial charge is 0.263 e. The number of fused-ring (bicyclic) bond motifs is 1. The summed E-state index contributed by atoms with van der Waals surface area (Å²) in [6.07, 6.45) is 4.56. The van der Waals surface area contributed by atoms with Crippen LogP contribution >= 0.6 is 23.7 Å². The molecule has 3 nitrogen and oxygen atoms in total. The highest BCUT2D eigenvalue weighted by Gasteiger charge is 2.32. The Labute approximate surface area is 143 Å². The third-order valence-electron chi connectivity index (χ3n) is 5.06. The molecule has 0 aliphatic carbocycles. The molecule has 5 heteroatoms. The molecule has 2 atom stereocenters. The Hall–Kier alpha value is -0.580. The first-order chi connectivity index (χ1) is 10.2. The van der Waals surface area contributed by atoms with Crippen molar-refractivity contribution in [1.29, 1.82) is 0 Å². The lowest BCUT2D eigenvalue weighted by molar-refractivity contribution is 0.0763. The van der Waals surface area contributed by atoms with Gasteiger partial charge in [0.05, 0.1) is 4.88 Å². The highest BCUT2D eigenvalue weighted by Crippen LogP contribution is 2.29. The maximum Gasteiger partial charge on any atom is 0.263 e. The van der Waals surface area contributed by atoms with Gasteiger partial charge in [-0.05, 0) is 62.7 Å². The zero-order valence-electron chi connectivity index (χ0n) is 13.6. The van der Waals surface area contributed by atoms with E-state index < -0.39 is 0 Å². The van der Waals surface area contributed by atoms with Crippen LogP contribution in [0.2, 0.25) is 0 Å². The number of carbonyl (C=O) groups is 1. The second kappa shape index (κ2) is 7.80. The third-order valence-corrected chi connectivity index (χ3v) is 6.14. The number of hydrogen-bond acceptors (Lipinski definition) is 3. The Morgan fingerprint density at radius 1 is 1.32 bits per heavy atom. The minimum Gasteiger partial charge on any atom is -0.338 e. The summed E-state index contributed by atoms with van der Waals surface area (Å²) in [7, 11) is 0. The summed E-state index contributed by atoms with van der Waals surface area (Å²) in [4.78, 5) is 17.1. The first-order valence-electron chi connectivity index (χ1n) is 8.28. The number of likely N-dealkylation sites (tertiary alicyclic amines) is 1. The average Bonchev–Trinajstić information content (AvgIpc) is 3.01. The van der Waals surface area contributed by atoms with Gasteiger partial charge >= 0.3 is 0 Å². The van der Waals surface area contributed by atoms with E-state index in [2.05, 4.69) is 30.1 Å². The third kappa shape index (κ3) is 3.66. The summed E-state index contributed by atoms with van der Waals surface area (Å²) < 4.78 is 0. The first-order valence-corrected chi connectivity index (χ1v) is 9.10. The number of nitrogens with one attached hydrogen (secondary N) is 1. The molecule has 124 valence electrons. The molecule has 0 spiro atoms. The van der Waals surface area contributed by atoms with E-state index >= 15 is 0 Å². The van der Waals surface area contributed by atoms with Gasteiger partial charge in [-0.3, -0.25) is 4.79 Å². The van der Waals surface area contributed by atoms with Crippen molar-refractivity contribution in [2.45, 2.75) is 39.5 Å². The van der Waals surface area contributed by atoms with Crippen molar-refractivity contribution < 1.29 is 4.79 Å². The second-order valence-corrected chi connectivity index (χ2v) is 7.75. The molecule has 0 radical (unpaired) electrons. The molecule has 1 aromatic heterocycles. The monoisotopic (exact) mass is 342 g/mol. The minimum atomic E-state index is 0. The van der Waals surface area contributed by atoms with E-state index in [0.29, 0.717) is 0 Å². The van der Waals surface area contributed by atoms with Crippen molar-refractivity contribution in [3.8, 4) is 0 Å². The fourth-order valence-corrected chi connectivity index (χ4v) is 4.76. The van der Waals surface area contributed by atoms with Crippen LogP contribution < -0.4 is 5.32 Å². The number of thiophene rings is 1. The molecule has 0 bridgehead atoms. The fourth-order valence-electron chi connectivity index (χ4n) is 3.72. The summed E-state index contributed by atoms with van der Waals surface area (Å²) >= 11 is 1.68. The minimum absolute atomic E-state index is 0. The predicted molar refractivity (Wildman–Crippen MR) is 95.3 cm³/mol. The van der Waals surface area contributed by atoms with Crippen LogP contribution in [-0.2, 0) is 6.42 Å². The summed E-state index contributed by atoms with van der Waals surface area (Å²) in [5.74, 6) is 1.82. The van der Waals surface area contributed by atoms with Gasteiger partial charge in [0, 0.05) is 18.0 Å². The summed E-state index contributed by atoms with van der Waals surface area (Å²) in [6, 6.07) is 2.14. The van der Waals surface area contributed by atoms with E-state index in [0.717, 1.165) is 68.6 Å². The van der Waals surface area contributed by atoms with Gasteiger partial charge in [0.1, 0.15) is 0 Å². The van der Waals surface area contributed by atoms with Crippen LogP contribution in [0.4, 0.5) is 0 Å². The normalized spacial score (nSPS) is 24.5. The molecule has 2 aliphatic rings. The second-order valence-electron chi connectivity index (χ2n) is 6.49. The molecule has 1 N–H and O–H groups in total. The standard InChI is InChI=1S/C17H26N2OS.ClH/c1-3-4-13-9-16(21-12(13)2)17(20)19-7-5-14-10-18-11-15(14)6-8-19;/h9,14-15,18H,3-8,10-11H2,1-2H3;1H/t14-,15+;. The fraction of sp³-hybridized carbons (Fsp3) is 0.706. The molecular formula is C17H27ClN2OS. The lowest BCUT2D eigenvalue weighted by Crippen LogP contribution is -2.32. The average molecular weight is 343 g/mol. The number of carbonyl (C=O) groups excluding carboxylic acids is 1. The molecule has 2 fully saturated rings. The maximum absolute atomic E-state index is 12.8. The number of nitrogens with zero attached hydrogens (tertiary/aromatic N) is 1. The van der Waals surface area contributed by atoms with E-state index in [9.17, 15) is 4.79 Å². The number of hydrogen-bond donors (Lipinski definition) is 1. The van der Waals surface area contributed by atoms with Crippen LogP contribution in [0.25, 0.3) is 0 Å². The molecule has 3 heterocycles. The van der Waals surface area contributed by atoms with Crippen molar-refractivity contribution in [1.82, 2.24) is 10.2 Å². The lowest BCUT2D eigenvalue weighted by Gasteiger charge is -2.20. The van der Waals surface area contributed by atoms with Crippen molar-refractivity contribution in [2.24, 2.45) is 11.8 Å². The van der Waals surface area contributed by atoms with E-state index in [-0.39, 0.29) is 18.3 Å². The topological polar surface area (TPSA) is 32.3 Å². The van der Waals surface area contributed by atoms with Crippen molar-refractivity contribution in [3.05, 3.63) is 21.4 Å². The van der Waals surface area contributed by atoms with Gasteiger partial charge in [0.25, 0.3) is 5.91 Å². The first kappa shape index (κ1) is 17.8. The highest BCUT2D eigenvalue weighted by atomic mass is 35.5. The molecule has 22 heavy (non-hydrogen) atoms. The lowest BCUT2D eigenvalue weighted by atomic mass is 9.92. The molecule has 0 saturated carbocycles. The predicted octanol–water partition coefficient (Wildman–Crippen LogP) is 3.50. The molecule has 0 unspecified atom stereocenters. The zero-order chi connectivity index (χ0) is 14.8. The number of rotatable bonds is 3. The molecule has 2 saturated heterocycles. The SMILES string of the molecule is CCCc1cc(C(=O)N2CC[C@@H]3CNC[C@@H]3CC2)sc1C.Cl. The Bertz CT molecular complexity index is 503. The molecule has 2 aliphatic heterocycles. The summed E-state index contributed by atoms with van der Waals surface area (Å²) in [6.45, 7) is 8.49. The molecule has 1 aromatic rings. The van der Waals surface area contributed by atoms with Crippen LogP contribution in [-0.4, -0.2) is 37.0 Å². The van der Waals surface area contributed by atoms with Gasteiger partial charge in [-0.15, -0.1) is 23.7 Å². The quantitative estimate of drug-likeness (QED) is 0.911. The van der Waals surface area contributed by atoms with Crippen molar-refractivity contribution in [2.75, 3.05) is 26.2 Å². The van der Waals surface area contributed by atoms with E-state index in [1.807, 2.05) is 0 Å². The van der Waals surface area contributed by atoms with Crippen LogP contribution in [0.3, 0.4) is 0 Å². The molecule has 3 rings (SSSR count). The van der Waals surface area contributed by atoms with Gasteiger partial charge in [0.15, 0.2) is 0 Å². The summed E-state index contributed by atoms with van der Waals surface area (Å²) in [5, 5.41) is 3.49. The largest absolute Gasteiger partial charge is 0.338 e. The molecular weight excluding hydrogens is 316 g/mol. The van der Waals surface area contributed by atoms with Gasteiger partial charge in [0.2, 0.25) is 0 Å². The molecule has 1 amide bonds. The van der Waals surface area contributed by atoms with Crippen LogP contribution in [0.1, 0.15) is 46.3 Å². The van der Waals surface area contributed by atoms with Crippen LogP contribution in [0.5, 0.6) is 0 Å². The maximum atomic E-state index is 12.8. The zero-order valence-corrected chi connectivity index (χ0v) is 15.2. The Balaban J connectivity index is 0.00000176. The highest BCUT2D eigenvalue weighted by molar-refractivity contribution is 7.14. The number of amides is 1. The Morgan fingerprint density at radius 3 is 2.55 bits per heavy atom. The van der Waals surface area contributed by atoms with Crippen molar-refractivity contribution in [3.63, 3.8) is 0 Å². The van der Waals surface area contributed by atoms with Crippen LogP contribution in [0.15, 0.2) is 6.07 Å². The van der Waals surface area contributed by atoms with Crippen LogP contribution in [0, 0.1) is 18.8 Å².